The highest BCUT2D eigenvalue weighted by atomic mass is 16.1. The van der Waals surface area contributed by atoms with E-state index in [4.69, 9.17) is 0 Å². The van der Waals surface area contributed by atoms with Crippen molar-refractivity contribution in [3.8, 4) is 0 Å². The van der Waals surface area contributed by atoms with Crippen LogP contribution in [0.4, 0.5) is 0 Å². The summed E-state index contributed by atoms with van der Waals surface area (Å²) in [6.45, 7) is 7.42. The van der Waals surface area contributed by atoms with Gasteiger partial charge in [0.2, 0.25) is 0 Å². The van der Waals surface area contributed by atoms with Crippen LogP contribution in [0.5, 0.6) is 0 Å². The molecule has 3 aromatic rings. The molecule has 0 aliphatic carbocycles. The SMILES string of the molecule is CCCn1c(=O)n(Cc2nnc(C(C)C)n2C)c2ccccc21. The second-order valence-corrected chi connectivity index (χ2v) is 6.20. The molecule has 122 valence electrons. The Morgan fingerprint density at radius 3 is 2.30 bits per heavy atom. The van der Waals surface area contributed by atoms with Crippen molar-refractivity contribution in [1.82, 2.24) is 23.9 Å². The first kappa shape index (κ1) is 15.5. The van der Waals surface area contributed by atoms with Gasteiger partial charge in [0.25, 0.3) is 0 Å². The number of para-hydroxylation sites is 2. The van der Waals surface area contributed by atoms with Crippen LogP contribution in [0.1, 0.15) is 44.8 Å². The lowest BCUT2D eigenvalue weighted by atomic mass is 10.2. The fourth-order valence-electron chi connectivity index (χ4n) is 3.02. The number of hydrogen-bond donors (Lipinski definition) is 0. The first-order valence-electron chi connectivity index (χ1n) is 8.10. The number of imidazole rings is 1. The van der Waals surface area contributed by atoms with Crippen LogP contribution in [0.15, 0.2) is 29.1 Å². The molecule has 23 heavy (non-hydrogen) atoms. The summed E-state index contributed by atoms with van der Waals surface area (Å²) in [5.74, 6) is 2.04. The largest absolute Gasteiger partial charge is 0.329 e. The molecule has 2 heterocycles. The second kappa shape index (κ2) is 6.02. The van der Waals surface area contributed by atoms with Crippen LogP contribution in [0.3, 0.4) is 0 Å². The topological polar surface area (TPSA) is 57.6 Å². The number of aryl methyl sites for hydroxylation is 1. The van der Waals surface area contributed by atoms with E-state index in [0.717, 1.165) is 35.6 Å². The lowest BCUT2D eigenvalue weighted by Crippen LogP contribution is -2.25. The van der Waals surface area contributed by atoms with E-state index in [2.05, 4.69) is 31.0 Å². The third kappa shape index (κ3) is 2.58. The highest BCUT2D eigenvalue weighted by molar-refractivity contribution is 5.76. The van der Waals surface area contributed by atoms with Gasteiger partial charge in [-0.1, -0.05) is 32.9 Å². The smallest absolute Gasteiger partial charge is 0.316 e. The van der Waals surface area contributed by atoms with Crippen molar-refractivity contribution in [3.63, 3.8) is 0 Å². The van der Waals surface area contributed by atoms with E-state index in [1.54, 1.807) is 4.57 Å². The Bertz CT molecular complexity index is 884. The Labute approximate surface area is 135 Å². The zero-order valence-corrected chi connectivity index (χ0v) is 14.2. The number of nitrogens with zero attached hydrogens (tertiary/aromatic N) is 5. The normalized spacial score (nSPS) is 11.7. The minimum absolute atomic E-state index is 0.0159. The molecule has 0 atom stereocenters. The van der Waals surface area contributed by atoms with Crippen LogP contribution in [0, 0.1) is 0 Å². The van der Waals surface area contributed by atoms with Crippen molar-refractivity contribution in [2.75, 3.05) is 0 Å². The van der Waals surface area contributed by atoms with Crippen LogP contribution in [-0.4, -0.2) is 23.9 Å². The summed E-state index contributed by atoms with van der Waals surface area (Å²) in [5, 5.41) is 8.53. The molecule has 0 aliphatic rings. The molecule has 0 amide bonds. The maximum atomic E-state index is 12.8. The van der Waals surface area contributed by atoms with Crippen LogP contribution >= 0.6 is 0 Å². The van der Waals surface area contributed by atoms with Gasteiger partial charge < -0.3 is 4.57 Å². The molecule has 0 unspecified atom stereocenters. The molecule has 0 saturated heterocycles. The molecule has 0 saturated carbocycles. The standard InChI is InChI=1S/C17H23N5O/c1-5-10-21-13-8-6-7-9-14(13)22(17(21)23)11-15-18-19-16(12(2)3)20(15)4/h6-9,12H,5,10-11H2,1-4H3. The number of hydrogen-bond acceptors (Lipinski definition) is 3. The summed E-state index contributed by atoms with van der Waals surface area (Å²) in [6, 6.07) is 7.92. The third-order valence-electron chi connectivity index (χ3n) is 4.19. The minimum Gasteiger partial charge on any atom is -0.316 e. The van der Waals surface area contributed by atoms with Crippen molar-refractivity contribution in [1.29, 1.82) is 0 Å². The average molecular weight is 313 g/mol. The number of rotatable bonds is 5. The Balaban J connectivity index is 2.10. The Kier molecular flexibility index (Phi) is 4.07. The average Bonchev–Trinajstić information content (AvgIpc) is 3.02. The van der Waals surface area contributed by atoms with E-state index >= 15 is 0 Å². The van der Waals surface area contributed by atoms with Crippen LogP contribution < -0.4 is 5.69 Å². The molecule has 6 heteroatoms. The fraction of sp³-hybridized carbons (Fsp3) is 0.471. The van der Waals surface area contributed by atoms with Gasteiger partial charge in [-0.15, -0.1) is 10.2 Å². The summed E-state index contributed by atoms with van der Waals surface area (Å²) >= 11 is 0. The quantitative estimate of drug-likeness (QED) is 0.727. The van der Waals surface area contributed by atoms with Crippen molar-refractivity contribution < 1.29 is 0 Å². The van der Waals surface area contributed by atoms with E-state index < -0.39 is 0 Å². The molecule has 2 aromatic heterocycles. The Morgan fingerprint density at radius 2 is 1.74 bits per heavy atom. The predicted octanol–water partition coefficient (Wildman–Crippen LogP) is 2.51. The van der Waals surface area contributed by atoms with E-state index in [1.807, 2.05) is 40.4 Å². The molecule has 0 N–H and O–H groups in total. The molecule has 0 aliphatic heterocycles. The first-order chi connectivity index (χ1) is 11.0. The predicted molar refractivity (Wildman–Crippen MR) is 90.7 cm³/mol. The van der Waals surface area contributed by atoms with Crippen molar-refractivity contribution in [3.05, 3.63) is 46.4 Å². The molecule has 3 rings (SSSR count). The molecular weight excluding hydrogens is 290 g/mol. The van der Waals surface area contributed by atoms with Crippen molar-refractivity contribution in [2.24, 2.45) is 7.05 Å². The summed E-state index contributed by atoms with van der Waals surface area (Å²) in [4.78, 5) is 12.8. The first-order valence-corrected chi connectivity index (χ1v) is 8.10. The van der Waals surface area contributed by atoms with Gasteiger partial charge in [-0.05, 0) is 18.6 Å². The Hall–Kier alpha value is -2.37. The molecule has 1 aromatic carbocycles. The summed E-state index contributed by atoms with van der Waals surface area (Å²) < 4.78 is 5.62. The zero-order chi connectivity index (χ0) is 16.6. The van der Waals surface area contributed by atoms with Crippen LogP contribution in [-0.2, 0) is 20.1 Å². The minimum atomic E-state index is 0.0159. The number of benzene rings is 1. The third-order valence-corrected chi connectivity index (χ3v) is 4.19. The van der Waals surface area contributed by atoms with Gasteiger partial charge in [0.15, 0.2) is 5.82 Å². The van der Waals surface area contributed by atoms with E-state index in [0.29, 0.717) is 12.5 Å². The highest BCUT2D eigenvalue weighted by Gasteiger charge is 2.16. The summed E-state index contributed by atoms with van der Waals surface area (Å²) in [7, 11) is 1.96. The van der Waals surface area contributed by atoms with Gasteiger partial charge in [0, 0.05) is 19.5 Å². The molecule has 0 spiro atoms. The summed E-state index contributed by atoms with van der Waals surface area (Å²) in [5.41, 5.74) is 1.94. The molecular formula is C17H23N5O. The van der Waals surface area contributed by atoms with Crippen molar-refractivity contribution >= 4 is 11.0 Å². The van der Waals surface area contributed by atoms with Gasteiger partial charge in [-0.3, -0.25) is 9.13 Å². The zero-order valence-electron chi connectivity index (χ0n) is 14.2. The fourth-order valence-corrected chi connectivity index (χ4v) is 3.02. The van der Waals surface area contributed by atoms with E-state index in [9.17, 15) is 4.79 Å². The van der Waals surface area contributed by atoms with Gasteiger partial charge in [-0.2, -0.15) is 0 Å². The maximum Gasteiger partial charge on any atom is 0.329 e. The van der Waals surface area contributed by atoms with Crippen molar-refractivity contribution in [2.45, 2.75) is 46.2 Å². The highest BCUT2D eigenvalue weighted by Crippen LogP contribution is 2.16. The summed E-state index contributed by atoms with van der Waals surface area (Å²) in [6.07, 6.45) is 0.926. The number of aromatic nitrogens is 5. The number of fused-ring (bicyclic) bond motifs is 1. The molecule has 0 bridgehead atoms. The molecule has 6 nitrogen and oxygen atoms in total. The lowest BCUT2D eigenvalue weighted by molar-refractivity contribution is 0.615. The molecule has 0 fully saturated rings. The van der Waals surface area contributed by atoms with E-state index in [-0.39, 0.29) is 5.69 Å². The van der Waals surface area contributed by atoms with Crippen LogP contribution in [0.2, 0.25) is 0 Å². The van der Waals surface area contributed by atoms with Crippen LogP contribution in [0.25, 0.3) is 11.0 Å². The van der Waals surface area contributed by atoms with Gasteiger partial charge >= 0.3 is 5.69 Å². The Morgan fingerprint density at radius 1 is 1.09 bits per heavy atom. The van der Waals surface area contributed by atoms with E-state index in [1.165, 1.54) is 0 Å². The monoisotopic (exact) mass is 313 g/mol. The lowest BCUT2D eigenvalue weighted by Gasteiger charge is -2.07. The second-order valence-electron chi connectivity index (χ2n) is 6.20. The van der Waals surface area contributed by atoms with Gasteiger partial charge in [-0.25, -0.2) is 4.79 Å². The van der Waals surface area contributed by atoms with Gasteiger partial charge in [0.05, 0.1) is 17.6 Å². The van der Waals surface area contributed by atoms with Gasteiger partial charge in [0.1, 0.15) is 5.82 Å². The molecule has 0 radical (unpaired) electrons. The maximum absolute atomic E-state index is 12.8.